The van der Waals surface area contributed by atoms with E-state index in [2.05, 4.69) is 37.1 Å². The molecule has 1 saturated heterocycles. The van der Waals surface area contributed by atoms with Crippen LogP contribution in [0, 0.1) is 6.92 Å². The zero-order chi connectivity index (χ0) is 13.0. The molecule has 3 nitrogen and oxygen atoms in total. The summed E-state index contributed by atoms with van der Waals surface area (Å²) >= 11 is 2.05. The molecule has 1 aromatic heterocycles. The highest BCUT2D eigenvalue weighted by atomic mass is 32.2. The Balaban J connectivity index is 1.90. The van der Waals surface area contributed by atoms with Gasteiger partial charge in [0.25, 0.3) is 0 Å². The van der Waals surface area contributed by atoms with E-state index in [1.807, 2.05) is 11.8 Å². The number of hydrogen-bond acceptors (Lipinski definition) is 4. The second kappa shape index (κ2) is 6.64. The number of nitrogens with zero attached hydrogens (tertiary/aromatic N) is 1. The molecular weight excluding hydrogens is 244 g/mol. The van der Waals surface area contributed by atoms with E-state index in [-0.39, 0.29) is 0 Å². The highest BCUT2D eigenvalue weighted by Crippen LogP contribution is 2.18. The van der Waals surface area contributed by atoms with Gasteiger partial charge in [0.1, 0.15) is 11.5 Å². The Morgan fingerprint density at radius 3 is 2.78 bits per heavy atom. The lowest BCUT2D eigenvalue weighted by Crippen LogP contribution is -2.31. The molecule has 0 atom stereocenters. The largest absolute Gasteiger partial charge is 0.465 e. The molecule has 1 fully saturated rings. The average Bonchev–Trinajstić information content (AvgIpc) is 2.68. The molecule has 0 saturated carbocycles. The van der Waals surface area contributed by atoms with Gasteiger partial charge in [0.2, 0.25) is 0 Å². The van der Waals surface area contributed by atoms with Gasteiger partial charge in [-0.1, -0.05) is 13.8 Å². The van der Waals surface area contributed by atoms with Crippen LogP contribution < -0.4 is 5.32 Å². The van der Waals surface area contributed by atoms with Gasteiger partial charge in [-0.25, -0.2) is 0 Å². The molecule has 0 bridgehead atoms. The molecule has 1 N–H and O–H groups in total. The first-order chi connectivity index (χ1) is 8.65. The third-order valence-corrected chi connectivity index (χ3v) is 4.20. The zero-order valence-corrected chi connectivity index (χ0v) is 12.5. The standard InChI is InChI=1S/C14H24N2OS/c1-11(2)15-9-13-8-14(17-12(13)3)10-16-4-6-18-7-5-16/h8,11,15H,4-7,9-10H2,1-3H3. The topological polar surface area (TPSA) is 28.4 Å². The summed E-state index contributed by atoms with van der Waals surface area (Å²) < 4.78 is 5.86. The van der Waals surface area contributed by atoms with Crippen LogP contribution in [0.5, 0.6) is 0 Å². The van der Waals surface area contributed by atoms with Crippen molar-refractivity contribution in [1.29, 1.82) is 0 Å². The second-order valence-electron chi connectivity index (χ2n) is 5.22. The zero-order valence-electron chi connectivity index (χ0n) is 11.7. The van der Waals surface area contributed by atoms with E-state index < -0.39 is 0 Å². The number of rotatable bonds is 5. The van der Waals surface area contributed by atoms with Gasteiger partial charge in [0.15, 0.2) is 0 Å². The van der Waals surface area contributed by atoms with Crippen molar-refractivity contribution < 1.29 is 4.42 Å². The Morgan fingerprint density at radius 1 is 1.39 bits per heavy atom. The van der Waals surface area contributed by atoms with E-state index in [9.17, 15) is 0 Å². The molecule has 0 aromatic carbocycles. The van der Waals surface area contributed by atoms with E-state index in [1.165, 1.54) is 30.2 Å². The fourth-order valence-corrected chi connectivity index (χ4v) is 3.11. The number of aryl methyl sites for hydroxylation is 1. The maximum atomic E-state index is 5.86. The van der Waals surface area contributed by atoms with Crippen LogP contribution in [-0.4, -0.2) is 35.5 Å². The Bertz CT molecular complexity index is 370. The van der Waals surface area contributed by atoms with Crippen molar-refractivity contribution in [3.63, 3.8) is 0 Å². The van der Waals surface area contributed by atoms with Crippen LogP contribution in [0.25, 0.3) is 0 Å². The van der Waals surface area contributed by atoms with Crippen molar-refractivity contribution in [1.82, 2.24) is 10.2 Å². The van der Waals surface area contributed by atoms with Gasteiger partial charge in [0, 0.05) is 42.7 Å². The van der Waals surface area contributed by atoms with E-state index in [0.717, 1.165) is 24.6 Å². The molecule has 1 aliphatic rings. The molecule has 2 heterocycles. The monoisotopic (exact) mass is 268 g/mol. The predicted octanol–water partition coefficient (Wildman–Crippen LogP) is 2.63. The van der Waals surface area contributed by atoms with Gasteiger partial charge in [-0.15, -0.1) is 0 Å². The van der Waals surface area contributed by atoms with Gasteiger partial charge < -0.3 is 9.73 Å². The molecule has 102 valence electrons. The second-order valence-corrected chi connectivity index (χ2v) is 6.44. The Hall–Kier alpha value is -0.450. The molecule has 0 aliphatic carbocycles. The van der Waals surface area contributed by atoms with Crippen LogP contribution in [0.4, 0.5) is 0 Å². The Kier molecular flexibility index (Phi) is 5.15. The van der Waals surface area contributed by atoms with E-state index in [1.54, 1.807) is 0 Å². The van der Waals surface area contributed by atoms with E-state index >= 15 is 0 Å². The maximum Gasteiger partial charge on any atom is 0.118 e. The maximum absolute atomic E-state index is 5.86. The quantitative estimate of drug-likeness (QED) is 0.888. The first-order valence-corrected chi connectivity index (χ1v) is 7.92. The smallest absolute Gasteiger partial charge is 0.118 e. The third-order valence-electron chi connectivity index (χ3n) is 3.26. The molecule has 4 heteroatoms. The molecule has 0 amide bonds. The van der Waals surface area contributed by atoms with Crippen molar-refractivity contribution in [2.24, 2.45) is 0 Å². The summed E-state index contributed by atoms with van der Waals surface area (Å²) in [5, 5.41) is 3.44. The molecule has 0 unspecified atom stereocenters. The normalized spacial score (nSPS) is 17.6. The molecule has 0 spiro atoms. The minimum absolute atomic E-state index is 0.516. The van der Waals surface area contributed by atoms with Gasteiger partial charge in [-0.2, -0.15) is 11.8 Å². The number of thioether (sulfide) groups is 1. The van der Waals surface area contributed by atoms with Crippen molar-refractivity contribution in [2.45, 2.75) is 39.9 Å². The van der Waals surface area contributed by atoms with Crippen molar-refractivity contribution in [3.8, 4) is 0 Å². The summed E-state index contributed by atoms with van der Waals surface area (Å²) in [6.07, 6.45) is 0. The summed E-state index contributed by atoms with van der Waals surface area (Å²) in [4.78, 5) is 2.48. The molecule has 1 aromatic rings. The predicted molar refractivity (Wildman–Crippen MR) is 78.0 cm³/mol. The summed E-state index contributed by atoms with van der Waals surface area (Å²) in [6.45, 7) is 10.6. The first kappa shape index (κ1) is 14.0. The lowest BCUT2D eigenvalue weighted by molar-refractivity contribution is 0.266. The van der Waals surface area contributed by atoms with Gasteiger partial charge >= 0.3 is 0 Å². The van der Waals surface area contributed by atoms with Crippen LogP contribution in [0.1, 0.15) is 30.9 Å². The lowest BCUT2D eigenvalue weighted by Gasteiger charge is -2.24. The minimum Gasteiger partial charge on any atom is -0.465 e. The fourth-order valence-electron chi connectivity index (χ4n) is 2.13. The first-order valence-electron chi connectivity index (χ1n) is 6.77. The van der Waals surface area contributed by atoms with Crippen molar-refractivity contribution in [3.05, 3.63) is 23.2 Å². The summed E-state index contributed by atoms with van der Waals surface area (Å²) in [5.41, 5.74) is 1.30. The molecular formula is C14H24N2OS. The van der Waals surface area contributed by atoms with Crippen LogP contribution in [0.15, 0.2) is 10.5 Å². The summed E-state index contributed by atoms with van der Waals surface area (Å²) in [6, 6.07) is 2.73. The van der Waals surface area contributed by atoms with Crippen LogP contribution in [0.2, 0.25) is 0 Å². The molecule has 18 heavy (non-hydrogen) atoms. The summed E-state index contributed by atoms with van der Waals surface area (Å²) in [5.74, 6) is 4.67. The van der Waals surface area contributed by atoms with Gasteiger partial charge in [-0.05, 0) is 13.0 Å². The van der Waals surface area contributed by atoms with E-state index in [4.69, 9.17) is 4.42 Å². The Morgan fingerprint density at radius 2 is 2.11 bits per heavy atom. The van der Waals surface area contributed by atoms with Gasteiger partial charge in [0.05, 0.1) is 6.54 Å². The van der Waals surface area contributed by atoms with Crippen molar-refractivity contribution in [2.75, 3.05) is 24.6 Å². The van der Waals surface area contributed by atoms with Crippen LogP contribution >= 0.6 is 11.8 Å². The van der Waals surface area contributed by atoms with Crippen LogP contribution in [-0.2, 0) is 13.1 Å². The highest BCUT2D eigenvalue weighted by Gasteiger charge is 2.14. The van der Waals surface area contributed by atoms with Crippen LogP contribution in [0.3, 0.4) is 0 Å². The SMILES string of the molecule is Cc1oc(CN2CCSCC2)cc1CNC(C)C. The lowest BCUT2D eigenvalue weighted by atomic mass is 10.2. The van der Waals surface area contributed by atoms with Crippen molar-refractivity contribution >= 4 is 11.8 Å². The average molecular weight is 268 g/mol. The van der Waals surface area contributed by atoms with Gasteiger partial charge in [-0.3, -0.25) is 4.90 Å². The van der Waals surface area contributed by atoms with E-state index in [0.29, 0.717) is 6.04 Å². The fraction of sp³-hybridized carbons (Fsp3) is 0.714. The number of hydrogen-bond donors (Lipinski definition) is 1. The number of furan rings is 1. The summed E-state index contributed by atoms with van der Waals surface area (Å²) in [7, 11) is 0. The molecule has 2 rings (SSSR count). The highest BCUT2D eigenvalue weighted by molar-refractivity contribution is 7.99. The molecule has 0 radical (unpaired) electrons. The third kappa shape index (κ3) is 4.04. The minimum atomic E-state index is 0.516. The molecule has 1 aliphatic heterocycles. The Labute approximate surface area is 114 Å². The number of nitrogens with one attached hydrogen (secondary N) is 1.